The summed E-state index contributed by atoms with van der Waals surface area (Å²) in [5.74, 6) is 0.656. The number of halogens is 1. The third kappa shape index (κ3) is 4.39. The van der Waals surface area contributed by atoms with Gasteiger partial charge >= 0.3 is 5.97 Å². The summed E-state index contributed by atoms with van der Waals surface area (Å²) in [4.78, 5) is 27.0. The average Bonchev–Trinajstić information content (AvgIpc) is 2.82. The van der Waals surface area contributed by atoms with E-state index in [4.69, 9.17) is 25.8 Å². The SMILES string of the molecule is CCOC(=O)c1ccc(N2C(=O)[C@@H](Oc3ccc(Cl)cc3C)[C@H]2c2ccccc2OC)cc1. The Morgan fingerprint density at radius 1 is 1.03 bits per heavy atom. The molecule has 1 fully saturated rings. The maximum Gasteiger partial charge on any atom is 0.338 e. The van der Waals surface area contributed by atoms with Crippen LogP contribution in [0.1, 0.15) is 34.5 Å². The highest BCUT2D eigenvalue weighted by molar-refractivity contribution is 6.30. The third-order valence-electron chi connectivity index (χ3n) is 5.55. The van der Waals surface area contributed by atoms with E-state index in [1.165, 1.54) is 0 Å². The minimum Gasteiger partial charge on any atom is -0.496 e. The Morgan fingerprint density at radius 2 is 1.76 bits per heavy atom. The number of carbonyl (C=O) groups is 2. The number of aryl methyl sites for hydroxylation is 1. The molecule has 3 aromatic carbocycles. The van der Waals surface area contributed by atoms with Gasteiger partial charge in [0, 0.05) is 16.3 Å². The predicted octanol–water partition coefficient (Wildman–Crippen LogP) is 5.37. The second kappa shape index (κ2) is 9.55. The van der Waals surface area contributed by atoms with Crippen molar-refractivity contribution in [2.45, 2.75) is 26.0 Å². The Labute approximate surface area is 197 Å². The minimum absolute atomic E-state index is 0.191. The lowest BCUT2D eigenvalue weighted by Crippen LogP contribution is -2.61. The van der Waals surface area contributed by atoms with Crippen LogP contribution in [0.2, 0.25) is 5.02 Å². The number of esters is 1. The lowest BCUT2D eigenvalue weighted by Gasteiger charge is -2.47. The molecular weight excluding hydrogens is 442 g/mol. The van der Waals surface area contributed by atoms with E-state index in [0.29, 0.717) is 34.4 Å². The molecule has 1 saturated heterocycles. The summed E-state index contributed by atoms with van der Waals surface area (Å²) in [6.07, 6.45) is -0.745. The quantitative estimate of drug-likeness (QED) is 0.346. The topological polar surface area (TPSA) is 65.1 Å². The van der Waals surface area contributed by atoms with Crippen LogP contribution in [0.3, 0.4) is 0 Å². The zero-order chi connectivity index (χ0) is 23.5. The number of rotatable bonds is 7. The van der Waals surface area contributed by atoms with Crippen molar-refractivity contribution in [2.24, 2.45) is 0 Å². The summed E-state index contributed by atoms with van der Waals surface area (Å²) in [6, 6.07) is 19.2. The van der Waals surface area contributed by atoms with Crippen LogP contribution in [-0.4, -0.2) is 31.7 Å². The van der Waals surface area contributed by atoms with Crippen LogP contribution in [0.4, 0.5) is 5.69 Å². The molecule has 3 aromatic rings. The van der Waals surface area contributed by atoms with E-state index in [1.807, 2.05) is 31.2 Å². The first kappa shape index (κ1) is 22.7. The van der Waals surface area contributed by atoms with Crippen molar-refractivity contribution in [3.8, 4) is 11.5 Å². The Morgan fingerprint density at radius 3 is 2.42 bits per heavy atom. The number of hydrogen-bond donors (Lipinski definition) is 0. The second-order valence-electron chi connectivity index (χ2n) is 7.61. The Bertz CT molecular complexity index is 1180. The Hall–Kier alpha value is -3.51. The van der Waals surface area contributed by atoms with E-state index in [9.17, 15) is 9.59 Å². The Balaban J connectivity index is 1.69. The fourth-order valence-electron chi connectivity index (χ4n) is 3.93. The van der Waals surface area contributed by atoms with E-state index in [2.05, 4.69) is 0 Å². The summed E-state index contributed by atoms with van der Waals surface area (Å²) >= 11 is 6.07. The number of β-lactam (4-membered cyclic amide) rings is 1. The number of carbonyl (C=O) groups excluding carboxylic acids is 2. The highest BCUT2D eigenvalue weighted by atomic mass is 35.5. The van der Waals surface area contributed by atoms with Crippen molar-refractivity contribution < 1.29 is 23.8 Å². The first-order valence-corrected chi connectivity index (χ1v) is 11.0. The molecule has 0 aliphatic carbocycles. The smallest absolute Gasteiger partial charge is 0.338 e. The molecule has 4 rings (SSSR count). The van der Waals surface area contributed by atoms with Crippen molar-refractivity contribution >= 4 is 29.2 Å². The molecule has 170 valence electrons. The summed E-state index contributed by atoms with van der Waals surface area (Å²) in [5, 5.41) is 0.601. The number of hydrogen-bond acceptors (Lipinski definition) is 5. The number of methoxy groups -OCH3 is 1. The number of nitrogens with zero attached hydrogens (tertiary/aromatic N) is 1. The molecule has 1 aliphatic rings. The van der Waals surface area contributed by atoms with Crippen LogP contribution < -0.4 is 14.4 Å². The molecule has 1 amide bonds. The van der Waals surface area contributed by atoms with Crippen LogP contribution in [0.5, 0.6) is 11.5 Å². The van der Waals surface area contributed by atoms with E-state index >= 15 is 0 Å². The molecule has 0 saturated carbocycles. The first-order valence-electron chi connectivity index (χ1n) is 10.6. The van der Waals surface area contributed by atoms with E-state index in [1.54, 1.807) is 61.4 Å². The van der Waals surface area contributed by atoms with Crippen LogP contribution in [-0.2, 0) is 9.53 Å². The summed E-state index contributed by atoms with van der Waals surface area (Å²) in [7, 11) is 1.59. The van der Waals surface area contributed by atoms with E-state index in [0.717, 1.165) is 11.1 Å². The fraction of sp³-hybridized carbons (Fsp3) is 0.231. The van der Waals surface area contributed by atoms with Gasteiger partial charge in [0.15, 0.2) is 0 Å². The van der Waals surface area contributed by atoms with Crippen molar-refractivity contribution in [1.29, 1.82) is 0 Å². The van der Waals surface area contributed by atoms with Gasteiger partial charge in [-0.15, -0.1) is 0 Å². The van der Waals surface area contributed by atoms with Gasteiger partial charge in [-0.1, -0.05) is 29.8 Å². The van der Waals surface area contributed by atoms with Gasteiger partial charge in [-0.3, -0.25) is 9.69 Å². The van der Waals surface area contributed by atoms with Gasteiger partial charge in [-0.2, -0.15) is 0 Å². The standard InChI is InChI=1S/C26H24ClNO5/c1-4-32-26(30)17-9-12-19(13-10-17)28-23(20-7-5-6-8-22(20)31-3)24(25(28)29)33-21-14-11-18(27)15-16(21)2/h5-15,23-24H,4H2,1-3H3/t23-,24+/m1/s1. The van der Waals surface area contributed by atoms with Crippen LogP contribution in [0.15, 0.2) is 66.7 Å². The highest BCUT2D eigenvalue weighted by Gasteiger charge is 2.52. The van der Waals surface area contributed by atoms with E-state index < -0.39 is 18.1 Å². The number of ether oxygens (including phenoxy) is 3. The van der Waals surface area contributed by atoms with Crippen molar-refractivity contribution in [3.05, 3.63) is 88.4 Å². The number of anilines is 1. The molecule has 2 atom stereocenters. The molecule has 0 bridgehead atoms. The van der Waals surface area contributed by atoms with Gasteiger partial charge in [-0.25, -0.2) is 4.79 Å². The number of benzene rings is 3. The normalized spacial score (nSPS) is 17.3. The Kier molecular flexibility index (Phi) is 6.56. The zero-order valence-corrected chi connectivity index (χ0v) is 19.3. The monoisotopic (exact) mass is 465 g/mol. The van der Waals surface area contributed by atoms with Gasteiger partial charge in [0.2, 0.25) is 6.10 Å². The third-order valence-corrected chi connectivity index (χ3v) is 5.79. The number of para-hydroxylation sites is 1. The average molecular weight is 466 g/mol. The van der Waals surface area contributed by atoms with Gasteiger partial charge in [0.1, 0.15) is 17.5 Å². The molecule has 0 unspecified atom stereocenters. The van der Waals surface area contributed by atoms with Gasteiger partial charge in [-0.05, 0) is 67.9 Å². The maximum absolute atomic E-state index is 13.3. The largest absolute Gasteiger partial charge is 0.496 e. The lowest BCUT2D eigenvalue weighted by atomic mass is 9.88. The predicted molar refractivity (Wildman–Crippen MR) is 126 cm³/mol. The van der Waals surface area contributed by atoms with Gasteiger partial charge in [0.05, 0.1) is 19.3 Å². The summed E-state index contributed by atoms with van der Waals surface area (Å²) < 4.78 is 16.8. The molecule has 1 aliphatic heterocycles. The summed E-state index contributed by atoms with van der Waals surface area (Å²) in [6.45, 7) is 3.93. The molecule has 33 heavy (non-hydrogen) atoms. The van der Waals surface area contributed by atoms with Crippen molar-refractivity contribution in [1.82, 2.24) is 0 Å². The highest BCUT2D eigenvalue weighted by Crippen LogP contribution is 2.44. The molecule has 0 spiro atoms. The van der Waals surface area contributed by atoms with Crippen molar-refractivity contribution in [2.75, 3.05) is 18.6 Å². The molecule has 7 heteroatoms. The molecule has 6 nitrogen and oxygen atoms in total. The fourth-order valence-corrected chi connectivity index (χ4v) is 4.16. The zero-order valence-electron chi connectivity index (χ0n) is 18.6. The van der Waals surface area contributed by atoms with E-state index in [-0.39, 0.29) is 5.91 Å². The molecule has 0 N–H and O–H groups in total. The van der Waals surface area contributed by atoms with Crippen LogP contribution in [0.25, 0.3) is 0 Å². The molecule has 1 heterocycles. The van der Waals surface area contributed by atoms with Crippen LogP contribution >= 0.6 is 11.6 Å². The first-order chi connectivity index (χ1) is 15.9. The lowest BCUT2D eigenvalue weighted by molar-refractivity contribution is -0.135. The van der Waals surface area contributed by atoms with Gasteiger partial charge < -0.3 is 14.2 Å². The number of amides is 1. The van der Waals surface area contributed by atoms with Gasteiger partial charge in [0.25, 0.3) is 5.91 Å². The minimum atomic E-state index is -0.745. The van der Waals surface area contributed by atoms with Crippen molar-refractivity contribution in [3.63, 3.8) is 0 Å². The second-order valence-corrected chi connectivity index (χ2v) is 8.05. The van der Waals surface area contributed by atoms with Crippen LogP contribution in [0, 0.1) is 6.92 Å². The molecular formula is C26H24ClNO5. The molecule has 0 aromatic heterocycles. The summed E-state index contributed by atoms with van der Waals surface area (Å²) in [5.41, 5.74) is 2.74. The molecule has 0 radical (unpaired) electrons. The maximum atomic E-state index is 13.3.